The minimum atomic E-state index is -0.346. The van der Waals surface area contributed by atoms with Gasteiger partial charge in [0.1, 0.15) is 17.3 Å². The Morgan fingerprint density at radius 1 is 1.14 bits per heavy atom. The monoisotopic (exact) mass is 511 g/mol. The Hall–Kier alpha value is -3.13. The Morgan fingerprint density at radius 3 is 2.75 bits per heavy atom. The van der Waals surface area contributed by atoms with Gasteiger partial charge in [0.25, 0.3) is 0 Å². The van der Waals surface area contributed by atoms with Crippen molar-refractivity contribution in [2.45, 2.75) is 38.0 Å². The quantitative estimate of drug-likeness (QED) is 0.379. The number of phenols is 1. The molecule has 6 nitrogen and oxygen atoms in total. The third-order valence-electron chi connectivity index (χ3n) is 6.50. The van der Waals surface area contributed by atoms with Crippen LogP contribution in [0.2, 0.25) is 5.02 Å². The van der Waals surface area contributed by atoms with Crippen LogP contribution in [0.25, 0.3) is 0 Å². The lowest BCUT2D eigenvalue weighted by Crippen LogP contribution is -2.43. The van der Waals surface area contributed by atoms with E-state index >= 15 is 0 Å². The van der Waals surface area contributed by atoms with Crippen molar-refractivity contribution in [1.82, 2.24) is 15.5 Å². The molecule has 0 aliphatic carbocycles. The van der Waals surface area contributed by atoms with Crippen LogP contribution in [0.4, 0.5) is 4.39 Å². The van der Waals surface area contributed by atoms with Gasteiger partial charge in [-0.1, -0.05) is 41.9 Å². The SMILES string of the molecule is COc1ccc(O)c(CN[C@H]2C[C@@H](C(=O)NCCc3ccccc3F)N(Cc3cccc(Cl)c3)C2)c1. The van der Waals surface area contributed by atoms with Crippen LogP contribution in [0.1, 0.15) is 23.1 Å². The number of hydrogen-bond acceptors (Lipinski definition) is 5. The zero-order valence-corrected chi connectivity index (χ0v) is 21.0. The fraction of sp³-hybridized carbons (Fsp3) is 0.321. The van der Waals surface area contributed by atoms with Crippen LogP contribution in [-0.4, -0.2) is 48.2 Å². The number of carbonyl (C=O) groups excluding carboxylic acids is 1. The van der Waals surface area contributed by atoms with Crippen LogP contribution in [0.5, 0.6) is 11.5 Å². The number of phenolic OH excluding ortho intramolecular Hbond substituents is 1. The standard InChI is InChI=1S/C28H31ClFN3O3/c1-36-24-9-10-27(34)21(14-24)16-32-23-15-26(33(18-23)17-19-5-4-7-22(29)13-19)28(35)31-12-11-20-6-2-3-8-25(20)30/h2-10,13-14,23,26,32,34H,11-12,15-18H2,1H3,(H,31,35)/t23-,26-/m0/s1. The summed E-state index contributed by atoms with van der Waals surface area (Å²) in [7, 11) is 1.59. The lowest BCUT2D eigenvalue weighted by Gasteiger charge is -2.23. The van der Waals surface area contributed by atoms with Gasteiger partial charge in [-0.2, -0.15) is 0 Å². The van der Waals surface area contributed by atoms with Gasteiger partial charge >= 0.3 is 0 Å². The Morgan fingerprint density at radius 2 is 1.97 bits per heavy atom. The fourth-order valence-electron chi connectivity index (χ4n) is 4.59. The predicted molar refractivity (Wildman–Crippen MR) is 139 cm³/mol. The molecule has 0 unspecified atom stereocenters. The van der Waals surface area contributed by atoms with Gasteiger partial charge in [-0.25, -0.2) is 4.39 Å². The largest absolute Gasteiger partial charge is 0.508 e. The van der Waals surface area contributed by atoms with E-state index in [0.717, 1.165) is 11.1 Å². The number of nitrogens with zero attached hydrogens (tertiary/aromatic N) is 1. The number of rotatable bonds is 10. The summed E-state index contributed by atoms with van der Waals surface area (Å²) in [5.74, 6) is 0.521. The van der Waals surface area contributed by atoms with Crippen molar-refractivity contribution in [2.24, 2.45) is 0 Å². The summed E-state index contributed by atoms with van der Waals surface area (Å²) in [6, 6.07) is 19.1. The Kier molecular flexibility index (Phi) is 8.80. The number of carbonyl (C=O) groups is 1. The second kappa shape index (κ2) is 12.2. The van der Waals surface area contributed by atoms with E-state index in [1.807, 2.05) is 24.3 Å². The first-order chi connectivity index (χ1) is 17.4. The number of methoxy groups -OCH3 is 1. The molecule has 8 heteroatoms. The van der Waals surface area contributed by atoms with Gasteiger partial charge in [0.15, 0.2) is 0 Å². The molecule has 0 spiro atoms. The van der Waals surface area contributed by atoms with E-state index in [1.165, 1.54) is 6.07 Å². The van der Waals surface area contributed by atoms with Crippen LogP contribution in [0.15, 0.2) is 66.7 Å². The van der Waals surface area contributed by atoms with Crippen molar-refractivity contribution in [3.63, 3.8) is 0 Å². The van der Waals surface area contributed by atoms with E-state index < -0.39 is 0 Å². The van der Waals surface area contributed by atoms with Crippen molar-refractivity contribution in [2.75, 3.05) is 20.2 Å². The normalized spacial score (nSPS) is 17.8. The van der Waals surface area contributed by atoms with E-state index in [1.54, 1.807) is 43.5 Å². The number of nitrogens with one attached hydrogen (secondary N) is 2. The molecule has 3 aromatic carbocycles. The third-order valence-corrected chi connectivity index (χ3v) is 6.74. The maximum absolute atomic E-state index is 13.9. The van der Waals surface area contributed by atoms with Gasteiger partial charge in [0.2, 0.25) is 5.91 Å². The van der Waals surface area contributed by atoms with E-state index in [0.29, 0.717) is 55.4 Å². The Bertz CT molecular complexity index is 1190. The Balaban J connectivity index is 1.41. The first kappa shape index (κ1) is 25.9. The topological polar surface area (TPSA) is 73.8 Å². The van der Waals surface area contributed by atoms with Gasteiger partial charge in [0, 0.05) is 42.8 Å². The zero-order valence-electron chi connectivity index (χ0n) is 20.2. The third kappa shape index (κ3) is 6.75. The van der Waals surface area contributed by atoms with Crippen LogP contribution in [-0.2, 0) is 24.3 Å². The van der Waals surface area contributed by atoms with Gasteiger partial charge in [-0.15, -0.1) is 0 Å². The average molecular weight is 512 g/mol. The smallest absolute Gasteiger partial charge is 0.237 e. The molecule has 4 rings (SSSR count). The average Bonchev–Trinajstić information content (AvgIpc) is 3.27. The summed E-state index contributed by atoms with van der Waals surface area (Å²) < 4.78 is 19.2. The summed E-state index contributed by atoms with van der Waals surface area (Å²) >= 11 is 6.18. The van der Waals surface area contributed by atoms with Gasteiger partial charge in [-0.05, 0) is 60.4 Å². The highest BCUT2D eigenvalue weighted by molar-refractivity contribution is 6.30. The number of hydrogen-bond donors (Lipinski definition) is 3. The molecule has 3 aromatic rings. The molecule has 190 valence electrons. The zero-order chi connectivity index (χ0) is 25.5. The number of likely N-dealkylation sites (tertiary alicyclic amines) is 1. The summed E-state index contributed by atoms with van der Waals surface area (Å²) in [5.41, 5.74) is 2.34. The molecule has 1 aliphatic rings. The highest BCUT2D eigenvalue weighted by Gasteiger charge is 2.36. The van der Waals surface area contributed by atoms with Crippen LogP contribution < -0.4 is 15.4 Å². The summed E-state index contributed by atoms with van der Waals surface area (Å²) in [5, 5.41) is 17.3. The van der Waals surface area contributed by atoms with Gasteiger partial charge < -0.3 is 20.5 Å². The van der Waals surface area contributed by atoms with E-state index in [9.17, 15) is 14.3 Å². The molecule has 0 bridgehead atoms. The molecule has 36 heavy (non-hydrogen) atoms. The summed E-state index contributed by atoms with van der Waals surface area (Å²) in [6.07, 6.45) is 1.03. The second-order valence-electron chi connectivity index (χ2n) is 9.02. The highest BCUT2D eigenvalue weighted by atomic mass is 35.5. The van der Waals surface area contributed by atoms with Gasteiger partial charge in [-0.3, -0.25) is 9.69 Å². The van der Waals surface area contributed by atoms with Crippen molar-refractivity contribution >= 4 is 17.5 Å². The van der Waals surface area contributed by atoms with Crippen molar-refractivity contribution in [3.05, 3.63) is 94.3 Å². The van der Waals surface area contributed by atoms with Crippen molar-refractivity contribution < 1.29 is 19.0 Å². The fourth-order valence-corrected chi connectivity index (χ4v) is 4.81. The van der Waals surface area contributed by atoms with Gasteiger partial charge in [0.05, 0.1) is 13.2 Å². The lowest BCUT2D eigenvalue weighted by molar-refractivity contribution is -0.125. The maximum Gasteiger partial charge on any atom is 0.237 e. The summed E-state index contributed by atoms with van der Waals surface area (Å²) in [6.45, 7) is 2.04. The predicted octanol–water partition coefficient (Wildman–Crippen LogP) is 4.28. The number of benzene rings is 3. The Labute approximate surface area is 216 Å². The number of amides is 1. The van der Waals surface area contributed by atoms with Crippen molar-refractivity contribution in [3.8, 4) is 11.5 Å². The number of aromatic hydroxyl groups is 1. The first-order valence-corrected chi connectivity index (χ1v) is 12.4. The first-order valence-electron chi connectivity index (χ1n) is 12.0. The molecule has 2 atom stereocenters. The molecule has 1 fully saturated rings. The molecule has 1 aliphatic heterocycles. The second-order valence-corrected chi connectivity index (χ2v) is 9.45. The number of ether oxygens (including phenoxy) is 1. The van der Waals surface area contributed by atoms with Crippen molar-refractivity contribution in [1.29, 1.82) is 0 Å². The number of halogens is 2. The molecule has 1 saturated heterocycles. The molecular weight excluding hydrogens is 481 g/mol. The van der Waals surface area contributed by atoms with E-state index in [4.69, 9.17) is 16.3 Å². The molecule has 1 heterocycles. The molecule has 0 aromatic heterocycles. The minimum absolute atomic E-state index is 0.0390. The van der Waals surface area contributed by atoms with Crippen LogP contribution >= 0.6 is 11.6 Å². The maximum atomic E-state index is 13.9. The van der Waals surface area contributed by atoms with E-state index in [-0.39, 0.29) is 29.6 Å². The molecule has 1 amide bonds. The van der Waals surface area contributed by atoms with Crippen LogP contribution in [0, 0.1) is 5.82 Å². The molecular formula is C28H31ClFN3O3. The summed E-state index contributed by atoms with van der Waals surface area (Å²) in [4.78, 5) is 15.3. The van der Waals surface area contributed by atoms with E-state index in [2.05, 4.69) is 15.5 Å². The highest BCUT2D eigenvalue weighted by Crippen LogP contribution is 2.25. The minimum Gasteiger partial charge on any atom is -0.508 e. The lowest BCUT2D eigenvalue weighted by atomic mass is 10.1. The molecule has 0 saturated carbocycles. The molecule has 0 radical (unpaired) electrons. The van der Waals surface area contributed by atoms with Crippen LogP contribution in [0.3, 0.4) is 0 Å². The molecule has 3 N–H and O–H groups in total.